The summed E-state index contributed by atoms with van der Waals surface area (Å²) in [6.07, 6.45) is 10.5. The first-order chi connectivity index (χ1) is 12.2. The van der Waals surface area contributed by atoms with Crippen LogP contribution in [-0.4, -0.2) is 17.4 Å². The van der Waals surface area contributed by atoms with Gasteiger partial charge in [0, 0.05) is 18.9 Å². The van der Waals surface area contributed by atoms with Gasteiger partial charge in [0.25, 0.3) is 0 Å². The molecule has 132 valence electrons. The fourth-order valence-corrected chi connectivity index (χ4v) is 3.44. The molecule has 4 heteroatoms. The number of nitrogens with zero attached hydrogens (tertiary/aromatic N) is 1. The normalized spacial score (nSPS) is 14.9. The maximum absolute atomic E-state index is 12.4. The minimum Gasteiger partial charge on any atom is -0.383 e. The minimum absolute atomic E-state index is 0.0111. The zero-order valence-corrected chi connectivity index (χ0v) is 14.9. The summed E-state index contributed by atoms with van der Waals surface area (Å²) in [7, 11) is 0. The number of hydrogen-bond donors (Lipinski definition) is 2. The third-order valence-corrected chi connectivity index (χ3v) is 5.01. The van der Waals surface area contributed by atoms with Crippen LogP contribution in [0.25, 0.3) is 0 Å². The molecule has 25 heavy (non-hydrogen) atoms. The molecule has 1 aliphatic rings. The van der Waals surface area contributed by atoms with Crippen LogP contribution in [0.5, 0.6) is 0 Å². The summed E-state index contributed by atoms with van der Waals surface area (Å²) < 4.78 is 0. The van der Waals surface area contributed by atoms with Gasteiger partial charge in [-0.2, -0.15) is 0 Å². The number of anilines is 2. The van der Waals surface area contributed by atoms with Gasteiger partial charge in [0.1, 0.15) is 0 Å². The third-order valence-electron chi connectivity index (χ3n) is 5.01. The molecule has 3 rings (SSSR count). The molecule has 0 unspecified atom stereocenters. The Hall–Kier alpha value is -2.36. The van der Waals surface area contributed by atoms with Crippen molar-refractivity contribution in [2.45, 2.75) is 45.4 Å². The van der Waals surface area contributed by atoms with Crippen molar-refractivity contribution < 1.29 is 4.79 Å². The number of aromatic nitrogens is 1. The van der Waals surface area contributed by atoms with E-state index < -0.39 is 0 Å². The number of carbonyl (C=O) groups excluding carboxylic acids is 1. The van der Waals surface area contributed by atoms with Gasteiger partial charge in [-0.3, -0.25) is 9.78 Å². The molecule has 0 spiro atoms. The lowest BCUT2D eigenvalue weighted by molar-refractivity contribution is -0.115. The lowest BCUT2D eigenvalue weighted by atomic mass is 9.89. The van der Waals surface area contributed by atoms with Crippen molar-refractivity contribution >= 4 is 17.3 Å². The Morgan fingerprint density at radius 3 is 2.64 bits per heavy atom. The van der Waals surface area contributed by atoms with Gasteiger partial charge >= 0.3 is 0 Å². The summed E-state index contributed by atoms with van der Waals surface area (Å²) in [6.45, 7) is 2.98. The molecule has 1 aromatic heterocycles. The highest BCUT2D eigenvalue weighted by atomic mass is 16.1. The summed E-state index contributed by atoms with van der Waals surface area (Å²) in [5.41, 5.74) is 3.91. The number of hydrogen-bond acceptors (Lipinski definition) is 3. The summed E-state index contributed by atoms with van der Waals surface area (Å²) in [6, 6.07) is 9.88. The maximum Gasteiger partial charge on any atom is 0.228 e. The molecule has 4 nitrogen and oxygen atoms in total. The number of carbonyl (C=O) groups is 1. The van der Waals surface area contributed by atoms with Gasteiger partial charge in [0.05, 0.1) is 17.8 Å². The minimum atomic E-state index is -0.0111. The number of nitrogens with one attached hydrogen (secondary N) is 2. The van der Waals surface area contributed by atoms with Crippen LogP contribution in [0.4, 0.5) is 11.4 Å². The van der Waals surface area contributed by atoms with Crippen molar-refractivity contribution in [1.82, 2.24) is 4.98 Å². The molecule has 1 saturated carbocycles. The van der Waals surface area contributed by atoms with Crippen LogP contribution in [0.15, 0.2) is 42.7 Å². The zero-order chi connectivity index (χ0) is 17.5. The van der Waals surface area contributed by atoms with Crippen molar-refractivity contribution in [3.8, 4) is 0 Å². The van der Waals surface area contributed by atoms with E-state index >= 15 is 0 Å². The van der Waals surface area contributed by atoms with Crippen LogP contribution in [0, 0.1) is 12.8 Å². The predicted molar refractivity (Wildman–Crippen MR) is 103 cm³/mol. The lowest BCUT2D eigenvalue weighted by Crippen LogP contribution is -2.19. The topological polar surface area (TPSA) is 54.0 Å². The number of rotatable bonds is 6. The van der Waals surface area contributed by atoms with Crippen molar-refractivity contribution in [2.24, 2.45) is 5.92 Å². The average molecular weight is 337 g/mol. The number of para-hydroxylation sites is 2. The molecule has 1 aliphatic carbocycles. The molecule has 1 heterocycles. The number of aryl methyl sites for hydroxylation is 1. The van der Waals surface area contributed by atoms with E-state index in [1.165, 1.54) is 32.1 Å². The van der Waals surface area contributed by atoms with Crippen LogP contribution in [0.3, 0.4) is 0 Å². The molecule has 1 aromatic carbocycles. The summed E-state index contributed by atoms with van der Waals surface area (Å²) in [5.74, 6) is 0.735. The molecule has 0 atom stereocenters. The van der Waals surface area contributed by atoms with Gasteiger partial charge in [-0.25, -0.2) is 0 Å². The molecule has 1 amide bonds. The second kappa shape index (κ2) is 8.65. The van der Waals surface area contributed by atoms with Gasteiger partial charge in [0.15, 0.2) is 0 Å². The first kappa shape index (κ1) is 17.5. The summed E-state index contributed by atoms with van der Waals surface area (Å²) in [5, 5.41) is 6.58. The van der Waals surface area contributed by atoms with Crippen LogP contribution >= 0.6 is 0 Å². The number of amides is 1. The highest BCUT2D eigenvalue weighted by Crippen LogP contribution is 2.26. The van der Waals surface area contributed by atoms with Gasteiger partial charge in [-0.15, -0.1) is 0 Å². The smallest absolute Gasteiger partial charge is 0.228 e. The van der Waals surface area contributed by atoms with Crippen LogP contribution in [-0.2, 0) is 11.2 Å². The van der Waals surface area contributed by atoms with Crippen LogP contribution in [0.1, 0.15) is 43.2 Å². The van der Waals surface area contributed by atoms with Gasteiger partial charge in [0.2, 0.25) is 5.91 Å². The van der Waals surface area contributed by atoms with Crippen LogP contribution < -0.4 is 10.6 Å². The number of pyridine rings is 1. The Kier molecular flexibility index (Phi) is 6.04. The quantitative estimate of drug-likeness (QED) is 0.812. The fraction of sp³-hybridized carbons (Fsp3) is 0.429. The van der Waals surface area contributed by atoms with Crippen LogP contribution in [0.2, 0.25) is 0 Å². The lowest BCUT2D eigenvalue weighted by Gasteiger charge is -2.23. The molecule has 0 bridgehead atoms. The molecule has 0 aliphatic heterocycles. The summed E-state index contributed by atoms with van der Waals surface area (Å²) in [4.78, 5) is 16.5. The highest BCUT2D eigenvalue weighted by Gasteiger charge is 2.14. The Morgan fingerprint density at radius 2 is 1.88 bits per heavy atom. The largest absolute Gasteiger partial charge is 0.383 e. The summed E-state index contributed by atoms with van der Waals surface area (Å²) >= 11 is 0. The number of benzene rings is 1. The third kappa shape index (κ3) is 5.05. The molecule has 0 saturated heterocycles. The second-order valence-electron chi connectivity index (χ2n) is 6.96. The van der Waals surface area contributed by atoms with E-state index in [1.54, 1.807) is 12.4 Å². The van der Waals surface area contributed by atoms with Crippen molar-refractivity contribution in [3.05, 3.63) is 53.9 Å². The average Bonchev–Trinajstić information content (AvgIpc) is 2.64. The van der Waals surface area contributed by atoms with E-state index in [0.29, 0.717) is 6.42 Å². The monoisotopic (exact) mass is 337 g/mol. The molecule has 1 fully saturated rings. The first-order valence-corrected chi connectivity index (χ1v) is 9.24. The van der Waals surface area contributed by atoms with Crippen molar-refractivity contribution in [1.29, 1.82) is 0 Å². The second-order valence-corrected chi connectivity index (χ2v) is 6.96. The van der Waals surface area contributed by atoms with Gasteiger partial charge < -0.3 is 10.6 Å². The molecule has 2 N–H and O–H groups in total. The van der Waals surface area contributed by atoms with E-state index in [9.17, 15) is 4.79 Å². The van der Waals surface area contributed by atoms with E-state index in [2.05, 4.69) is 15.6 Å². The Labute approximate surface area is 150 Å². The molecule has 0 radical (unpaired) electrons. The molecule has 2 aromatic rings. The molecular weight excluding hydrogens is 310 g/mol. The van der Waals surface area contributed by atoms with E-state index in [4.69, 9.17) is 0 Å². The zero-order valence-electron chi connectivity index (χ0n) is 14.9. The Morgan fingerprint density at radius 1 is 1.12 bits per heavy atom. The molecular formula is C21H27N3O. The predicted octanol–water partition coefficient (Wildman–Crippen LogP) is 4.56. The SMILES string of the molecule is Cc1ccncc1CC(=O)Nc1ccccc1NCC1CCCCC1. The Balaban J connectivity index is 1.60. The fourth-order valence-electron chi connectivity index (χ4n) is 3.44. The van der Waals surface area contributed by atoms with E-state index in [1.807, 2.05) is 37.3 Å². The van der Waals surface area contributed by atoms with Crippen molar-refractivity contribution in [3.63, 3.8) is 0 Å². The first-order valence-electron chi connectivity index (χ1n) is 9.24. The van der Waals surface area contributed by atoms with Gasteiger partial charge in [-0.05, 0) is 55.0 Å². The Bertz CT molecular complexity index is 708. The van der Waals surface area contributed by atoms with Gasteiger partial charge in [-0.1, -0.05) is 31.4 Å². The standard InChI is InChI=1S/C21H27N3O/c1-16-11-12-22-15-18(16)13-21(25)24-20-10-6-5-9-19(20)23-14-17-7-3-2-4-8-17/h5-6,9-12,15,17,23H,2-4,7-8,13-14H2,1H3,(H,24,25). The van der Waals surface area contributed by atoms with E-state index in [0.717, 1.165) is 35.0 Å². The van der Waals surface area contributed by atoms with Crippen molar-refractivity contribution in [2.75, 3.05) is 17.2 Å². The maximum atomic E-state index is 12.4. The highest BCUT2D eigenvalue weighted by molar-refractivity contribution is 5.95. The van der Waals surface area contributed by atoms with E-state index in [-0.39, 0.29) is 5.91 Å².